The van der Waals surface area contributed by atoms with Crippen LogP contribution in [-0.4, -0.2) is 56.0 Å². The predicted molar refractivity (Wildman–Crippen MR) is 88.7 cm³/mol. The number of β-amino-alcohol motifs (C(OH)–C–C–N with tert-alkyl or cyclic N) is 1. The maximum atomic E-state index is 12.2. The van der Waals surface area contributed by atoms with Gasteiger partial charge < -0.3 is 15.3 Å². The Morgan fingerprint density at radius 3 is 2.96 bits per heavy atom. The van der Waals surface area contributed by atoms with Crippen LogP contribution in [0.2, 0.25) is 0 Å². The Bertz CT molecular complexity index is 689. The van der Waals surface area contributed by atoms with Crippen LogP contribution in [0.25, 0.3) is 0 Å². The Kier molecular flexibility index (Phi) is 4.75. The predicted octanol–water partition coefficient (Wildman–Crippen LogP) is 0.454. The second kappa shape index (κ2) is 6.96. The minimum absolute atomic E-state index is 0.176. The molecule has 1 unspecified atom stereocenters. The number of hydrogen-bond acceptors (Lipinski definition) is 6. The number of amides is 1. The summed E-state index contributed by atoms with van der Waals surface area (Å²) in [6, 6.07) is 3.44. The molecule has 2 aromatic heterocycles. The lowest BCUT2D eigenvalue weighted by molar-refractivity contribution is 0.0573. The molecule has 0 saturated carbocycles. The zero-order chi connectivity index (χ0) is 17.0. The van der Waals surface area contributed by atoms with Gasteiger partial charge in [0, 0.05) is 38.2 Å². The number of carbonyl (C=O) groups excluding carboxylic acids is 1. The zero-order valence-electron chi connectivity index (χ0n) is 13.7. The largest absolute Gasteiger partial charge is 0.386 e. The molecular formula is C16H22N6O2. The molecule has 0 aromatic carbocycles. The van der Waals surface area contributed by atoms with Crippen LogP contribution in [0.4, 0.5) is 5.95 Å². The van der Waals surface area contributed by atoms with Gasteiger partial charge in [0.2, 0.25) is 5.95 Å². The van der Waals surface area contributed by atoms with Crippen LogP contribution in [0, 0.1) is 0 Å². The van der Waals surface area contributed by atoms with E-state index in [1.165, 1.54) is 0 Å². The fourth-order valence-electron chi connectivity index (χ4n) is 2.80. The van der Waals surface area contributed by atoms with Crippen LogP contribution in [0.1, 0.15) is 30.3 Å². The van der Waals surface area contributed by atoms with Crippen molar-refractivity contribution in [2.75, 3.05) is 24.5 Å². The van der Waals surface area contributed by atoms with Gasteiger partial charge in [-0.05, 0) is 25.0 Å². The molecule has 8 heteroatoms. The third-order valence-corrected chi connectivity index (χ3v) is 4.07. The van der Waals surface area contributed by atoms with Crippen LogP contribution in [-0.2, 0) is 6.54 Å². The number of aromatic nitrogens is 4. The van der Waals surface area contributed by atoms with E-state index in [0.29, 0.717) is 31.2 Å². The van der Waals surface area contributed by atoms with Crippen LogP contribution in [0.15, 0.2) is 30.7 Å². The maximum Gasteiger partial charge on any atom is 0.271 e. The molecule has 1 amide bonds. The van der Waals surface area contributed by atoms with Gasteiger partial charge in [0.15, 0.2) is 0 Å². The summed E-state index contributed by atoms with van der Waals surface area (Å²) < 4.78 is 1.74. The molecule has 3 rings (SSSR count). The summed E-state index contributed by atoms with van der Waals surface area (Å²) in [5, 5.41) is 17.7. The lowest BCUT2D eigenvalue weighted by Crippen LogP contribution is -2.45. The summed E-state index contributed by atoms with van der Waals surface area (Å²) in [6.07, 6.45) is 6.65. The molecule has 1 aliphatic rings. The normalized spacial score (nSPS) is 20.3. The first-order chi connectivity index (χ1) is 11.6. The third-order valence-electron chi connectivity index (χ3n) is 4.07. The molecule has 2 N–H and O–H groups in total. The molecular weight excluding hydrogens is 308 g/mol. The Balaban J connectivity index is 1.55. The van der Waals surface area contributed by atoms with Crippen molar-refractivity contribution in [1.82, 2.24) is 25.1 Å². The van der Waals surface area contributed by atoms with E-state index >= 15 is 0 Å². The van der Waals surface area contributed by atoms with Gasteiger partial charge in [0.25, 0.3) is 5.91 Å². The Morgan fingerprint density at radius 2 is 2.21 bits per heavy atom. The van der Waals surface area contributed by atoms with Gasteiger partial charge in [-0.1, -0.05) is 6.92 Å². The Morgan fingerprint density at radius 1 is 1.42 bits per heavy atom. The van der Waals surface area contributed by atoms with E-state index in [1.54, 1.807) is 35.4 Å². The molecule has 1 atom stereocenters. The number of aryl methyl sites for hydroxylation is 1. The molecule has 1 saturated heterocycles. The van der Waals surface area contributed by atoms with E-state index in [4.69, 9.17) is 0 Å². The van der Waals surface area contributed by atoms with Crippen LogP contribution < -0.4 is 10.2 Å². The average Bonchev–Trinajstić information content (AvgIpc) is 3.22. The van der Waals surface area contributed by atoms with Crippen molar-refractivity contribution in [3.05, 3.63) is 36.4 Å². The number of rotatable bonds is 6. The van der Waals surface area contributed by atoms with Gasteiger partial charge in [-0.15, -0.1) is 0 Å². The van der Waals surface area contributed by atoms with Gasteiger partial charge in [-0.3, -0.25) is 9.48 Å². The second-order valence-electron chi connectivity index (χ2n) is 6.09. The highest BCUT2D eigenvalue weighted by atomic mass is 16.3. The highest BCUT2D eigenvalue weighted by molar-refractivity contribution is 5.92. The molecule has 1 aliphatic heterocycles. The first-order valence-corrected chi connectivity index (χ1v) is 8.16. The molecule has 1 fully saturated rings. The number of carbonyl (C=O) groups is 1. The van der Waals surface area contributed by atoms with Gasteiger partial charge in [0.05, 0.1) is 6.54 Å². The van der Waals surface area contributed by atoms with Crippen molar-refractivity contribution >= 4 is 11.9 Å². The minimum atomic E-state index is -0.985. The van der Waals surface area contributed by atoms with E-state index in [-0.39, 0.29) is 12.5 Å². The summed E-state index contributed by atoms with van der Waals surface area (Å²) in [4.78, 5) is 22.5. The Hall–Kier alpha value is -2.48. The zero-order valence-corrected chi connectivity index (χ0v) is 13.7. The molecule has 3 heterocycles. The monoisotopic (exact) mass is 330 g/mol. The Labute approximate surface area is 140 Å². The molecule has 0 aliphatic carbocycles. The number of nitrogens with one attached hydrogen (secondary N) is 1. The standard InChI is InChI=1S/C16H22N6O2/c1-2-8-22-9-4-13(20-22)14(23)19-11-16(24)5-10-21(12-16)15-17-6-3-7-18-15/h3-4,6-7,9,24H,2,5,8,10-12H2,1H3,(H,19,23). The van der Waals surface area contributed by atoms with Crippen molar-refractivity contribution < 1.29 is 9.90 Å². The lowest BCUT2D eigenvalue weighted by Gasteiger charge is -2.23. The van der Waals surface area contributed by atoms with Crippen molar-refractivity contribution in [2.24, 2.45) is 0 Å². The third kappa shape index (κ3) is 3.70. The quantitative estimate of drug-likeness (QED) is 0.798. The van der Waals surface area contributed by atoms with E-state index in [2.05, 4.69) is 27.3 Å². The summed E-state index contributed by atoms with van der Waals surface area (Å²) in [7, 11) is 0. The summed E-state index contributed by atoms with van der Waals surface area (Å²) in [5.74, 6) is 0.325. The van der Waals surface area contributed by atoms with Crippen molar-refractivity contribution in [3.8, 4) is 0 Å². The molecule has 24 heavy (non-hydrogen) atoms. The molecule has 128 valence electrons. The van der Waals surface area contributed by atoms with E-state index in [0.717, 1.165) is 13.0 Å². The van der Waals surface area contributed by atoms with Crippen molar-refractivity contribution in [3.63, 3.8) is 0 Å². The summed E-state index contributed by atoms with van der Waals surface area (Å²) in [5.41, 5.74) is -0.616. The van der Waals surface area contributed by atoms with Crippen LogP contribution in [0.5, 0.6) is 0 Å². The molecule has 0 spiro atoms. The smallest absolute Gasteiger partial charge is 0.271 e. The highest BCUT2D eigenvalue weighted by Gasteiger charge is 2.37. The molecule has 8 nitrogen and oxygen atoms in total. The maximum absolute atomic E-state index is 12.2. The number of aliphatic hydroxyl groups is 1. The molecule has 0 radical (unpaired) electrons. The van der Waals surface area contributed by atoms with Gasteiger partial charge in [0.1, 0.15) is 11.3 Å². The molecule has 0 bridgehead atoms. The van der Waals surface area contributed by atoms with Crippen molar-refractivity contribution in [2.45, 2.75) is 31.9 Å². The summed E-state index contributed by atoms with van der Waals surface area (Å²) in [6.45, 7) is 4.06. The van der Waals surface area contributed by atoms with Gasteiger partial charge >= 0.3 is 0 Å². The minimum Gasteiger partial charge on any atom is -0.386 e. The molecule has 2 aromatic rings. The van der Waals surface area contributed by atoms with Crippen LogP contribution >= 0.6 is 0 Å². The van der Waals surface area contributed by atoms with Crippen LogP contribution in [0.3, 0.4) is 0 Å². The second-order valence-corrected chi connectivity index (χ2v) is 6.09. The first kappa shape index (κ1) is 16.4. The fourth-order valence-corrected chi connectivity index (χ4v) is 2.80. The SMILES string of the molecule is CCCn1ccc(C(=O)NCC2(O)CCN(c3ncccn3)C2)n1. The fraction of sp³-hybridized carbons (Fsp3) is 0.500. The number of nitrogens with zero attached hydrogens (tertiary/aromatic N) is 5. The number of anilines is 1. The summed E-state index contributed by atoms with van der Waals surface area (Å²) >= 11 is 0. The van der Waals surface area contributed by atoms with Crippen molar-refractivity contribution in [1.29, 1.82) is 0 Å². The first-order valence-electron chi connectivity index (χ1n) is 8.16. The lowest BCUT2D eigenvalue weighted by atomic mass is 10.0. The topological polar surface area (TPSA) is 96.2 Å². The number of hydrogen-bond donors (Lipinski definition) is 2. The average molecular weight is 330 g/mol. The van der Waals surface area contributed by atoms with E-state index in [1.807, 2.05) is 4.90 Å². The highest BCUT2D eigenvalue weighted by Crippen LogP contribution is 2.23. The van der Waals surface area contributed by atoms with Gasteiger partial charge in [-0.2, -0.15) is 5.10 Å². The van der Waals surface area contributed by atoms with E-state index in [9.17, 15) is 9.90 Å². The van der Waals surface area contributed by atoms with E-state index < -0.39 is 5.60 Å². The van der Waals surface area contributed by atoms with Gasteiger partial charge in [-0.25, -0.2) is 9.97 Å².